The van der Waals surface area contributed by atoms with E-state index in [0.29, 0.717) is 11.4 Å². The molecule has 0 amide bonds. The number of aryl methyl sites for hydroxylation is 1. The Morgan fingerprint density at radius 1 is 1.58 bits per heavy atom. The van der Waals surface area contributed by atoms with E-state index in [1.165, 1.54) is 29.1 Å². The van der Waals surface area contributed by atoms with E-state index in [1.807, 2.05) is 0 Å². The number of aromatic carboxylic acids is 1. The Hall–Kier alpha value is -2.08. The number of aromatic nitrogens is 2. The van der Waals surface area contributed by atoms with Gasteiger partial charge in [-0.3, -0.25) is 4.68 Å². The molecule has 0 aliphatic carbocycles. The maximum absolute atomic E-state index is 13.0. The van der Waals surface area contributed by atoms with E-state index in [2.05, 4.69) is 5.10 Å². The number of hydrogen-bond donors (Lipinski definition) is 1. The highest BCUT2D eigenvalue weighted by Crippen LogP contribution is 2.22. The van der Waals surface area contributed by atoms with E-state index in [-0.39, 0.29) is 17.2 Å². The molecular weight excluding hydrogens is 275 g/mol. The van der Waals surface area contributed by atoms with Crippen molar-refractivity contribution in [1.29, 1.82) is 0 Å². The summed E-state index contributed by atoms with van der Waals surface area (Å²) in [7, 11) is 1.61. The van der Waals surface area contributed by atoms with Gasteiger partial charge in [0.25, 0.3) is 0 Å². The van der Waals surface area contributed by atoms with Crippen molar-refractivity contribution in [2.24, 2.45) is 7.05 Å². The summed E-state index contributed by atoms with van der Waals surface area (Å²) in [5.74, 6) is -1.27. The lowest BCUT2D eigenvalue weighted by molar-refractivity contribution is 0.0693. The van der Waals surface area contributed by atoms with Crippen molar-refractivity contribution < 1.29 is 19.0 Å². The van der Waals surface area contributed by atoms with Crippen LogP contribution in [0.5, 0.6) is 5.75 Å². The molecule has 0 spiro atoms. The van der Waals surface area contributed by atoms with Gasteiger partial charge in [-0.2, -0.15) is 5.10 Å². The van der Waals surface area contributed by atoms with Crippen LogP contribution >= 0.6 is 11.6 Å². The molecule has 0 fully saturated rings. The highest BCUT2D eigenvalue weighted by Gasteiger charge is 2.15. The average molecular weight is 285 g/mol. The van der Waals surface area contributed by atoms with Gasteiger partial charge in [0.1, 0.15) is 23.7 Å². The summed E-state index contributed by atoms with van der Waals surface area (Å²) in [6.45, 7) is 0.0000939. The van der Waals surface area contributed by atoms with Crippen LogP contribution in [0.25, 0.3) is 0 Å². The number of halogens is 2. The third-order valence-electron chi connectivity index (χ3n) is 2.56. The Balaban J connectivity index is 2.16. The molecule has 1 aromatic carbocycles. The standard InChI is InChI=1S/C12H10ClFN2O3/c1-16-11(8(5-15-16)12(17)18)6-19-7-2-3-10(14)9(13)4-7/h2-5H,6H2,1H3,(H,17,18). The highest BCUT2D eigenvalue weighted by molar-refractivity contribution is 6.30. The molecule has 0 radical (unpaired) electrons. The topological polar surface area (TPSA) is 64.4 Å². The molecule has 1 heterocycles. The van der Waals surface area contributed by atoms with Gasteiger partial charge in [0.05, 0.1) is 16.9 Å². The zero-order chi connectivity index (χ0) is 14.0. The van der Waals surface area contributed by atoms with Crippen molar-refractivity contribution in [3.05, 3.63) is 46.5 Å². The Morgan fingerprint density at radius 2 is 2.32 bits per heavy atom. The van der Waals surface area contributed by atoms with Crippen molar-refractivity contribution in [3.8, 4) is 5.75 Å². The summed E-state index contributed by atoms with van der Waals surface area (Å²) in [5.41, 5.74) is 0.476. The van der Waals surface area contributed by atoms with Crippen LogP contribution in [0.1, 0.15) is 16.1 Å². The van der Waals surface area contributed by atoms with E-state index in [9.17, 15) is 9.18 Å². The summed E-state index contributed by atoms with van der Waals surface area (Å²) in [6, 6.07) is 3.92. The Kier molecular flexibility index (Phi) is 3.71. The fourth-order valence-electron chi connectivity index (χ4n) is 1.53. The fraction of sp³-hybridized carbons (Fsp3) is 0.167. The van der Waals surface area contributed by atoms with Gasteiger partial charge in [-0.1, -0.05) is 11.6 Å². The van der Waals surface area contributed by atoms with Crippen LogP contribution in [-0.4, -0.2) is 20.9 Å². The number of carboxylic acid groups (broad SMARTS) is 1. The molecule has 2 rings (SSSR count). The van der Waals surface area contributed by atoms with Gasteiger partial charge in [0.2, 0.25) is 0 Å². The summed E-state index contributed by atoms with van der Waals surface area (Å²) >= 11 is 5.62. The first-order valence-electron chi connectivity index (χ1n) is 5.31. The molecule has 0 saturated carbocycles. The third-order valence-corrected chi connectivity index (χ3v) is 2.85. The molecule has 1 aromatic heterocycles. The molecule has 100 valence electrons. The highest BCUT2D eigenvalue weighted by atomic mass is 35.5. The summed E-state index contributed by atoms with van der Waals surface area (Å²) in [5, 5.41) is 12.8. The first-order valence-corrected chi connectivity index (χ1v) is 5.69. The van der Waals surface area contributed by atoms with Crippen LogP contribution in [0.3, 0.4) is 0 Å². The van der Waals surface area contributed by atoms with Crippen molar-refractivity contribution in [3.63, 3.8) is 0 Å². The maximum Gasteiger partial charge on any atom is 0.339 e. The lowest BCUT2D eigenvalue weighted by Crippen LogP contribution is -2.08. The van der Waals surface area contributed by atoms with Crippen molar-refractivity contribution in [1.82, 2.24) is 9.78 Å². The molecule has 0 bridgehead atoms. The van der Waals surface area contributed by atoms with Crippen LogP contribution in [0, 0.1) is 5.82 Å². The Morgan fingerprint density at radius 3 is 2.95 bits per heavy atom. The largest absolute Gasteiger partial charge is 0.487 e. The summed E-state index contributed by atoms with van der Waals surface area (Å²) in [6.07, 6.45) is 1.25. The van der Waals surface area contributed by atoms with Crippen molar-refractivity contribution >= 4 is 17.6 Å². The number of rotatable bonds is 4. The minimum atomic E-state index is -1.08. The molecule has 1 N–H and O–H groups in total. The van der Waals surface area contributed by atoms with Crippen LogP contribution < -0.4 is 4.74 Å². The second-order valence-corrected chi connectivity index (χ2v) is 4.21. The molecule has 19 heavy (non-hydrogen) atoms. The van der Waals surface area contributed by atoms with Gasteiger partial charge in [0, 0.05) is 13.1 Å². The Bertz CT molecular complexity index is 627. The number of ether oxygens (including phenoxy) is 1. The number of nitrogens with zero attached hydrogens (tertiary/aromatic N) is 2. The quantitative estimate of drug-likeness (QED) is 0.937. The molecule has 0 atom stereocenters. The van der Waals surface area contributed by atoms with Gasteiger partial charge in [-0.05, 0) is 12.1 Å². The predicted octanol–water partition coefficient (Wildman–Crippen LogP) is 2.49. The van der Waals surface area contributed by atoms with Gasteiger partial charge in [-0.15, -0.1) is 0 Å². The second-order valence-electron chi connectivity index (χ2n) is 3.80. The van der Waals surface area contributed by atoms with Crippen LogP contribution in [-0.2, 0) is 13.7 Å². The Labute approximate surface area is 113 Å². The number of carbonyl (C=O) groups is 1. The molecule has 0 unspecified atom stereocenters. The van der Waals surface area contributed by atoms with Crippen molar-refractivity contribution in [2.75, 3.05) is 0 Å². The minimum absolute atomic E-state index is 0.0000939. The lowest BCUT2D eigenvalue weighted by Gasteiger charge is -2.08. The van der Waals surface area contributed by atoms with Crippen LogP contribution in [0.15, 0.2) is 24.4 Å². The second kappa shape index (κ2) is 5.27. The van der Waals surface area contributed by atoms with Gasteiger partial charge < -0.3 is 9.84 Å². The molecule has 2 aromatic rings. The summed E-state index contributed by atoms with van der Waals surface area (Å²) in [4.78, 5) is 11.0. The van der Waals surface area contributed by atoms with E-state index in [1.54, 1.807) is 7.05 Å². The molecule has 0 aliphatic rings. The lowest BCUT2D eigenvalue weighted by atomic mass is 10.2. The number of carboxylic acids is 1. The monoisotopic (exact) mass is 284 g/mol. The van der Waals surface area contributed by atoms with E-state index < -0.39 is 11.8 Å². The zero-order valence-electron chi connectivity index (χ0n) is 9.93. The van der Waals surface area contributed by atoms with Crippen LogP contribution in [0.4, 0.5) is 4.39 Å². The molecular formula is C12H10ClFN2O3. The molecule has 5 nitrogen and oxygen atoms in total. The number of benzene rings is 1. The fourth-order valence-corrected chi connectivity index (χ4v) is 1.70. The van der Waals surface area contributed by atoms with Gasteiger partial charge in [0.15, 0.2) is 0 Å². The molecule has 0 saturated heterocycles. The van der Waals surface area contributed by atoms with E-state index >= 15 is 0 Å². The molecule has 7 heteroatoms. The smallest absolute Gasteiger partial charge is 0.339 e. The summed E-state index contributed by atoms with van der Waals surface area (Å²) < 4.78 is 19.8. The SMILES string of the molecule is Cn1ncc(C(=O)O)c1COc1ccc(F)c(Cl)c1. The number of hydrogen-bond acceptors (Lipinski definition) is 3. The average Bonchev–Trinajstić information content (AvgIpc) is 2.72. The van der Waals surface area contributed by atoms with Crippen molar-refractivity contribution in [2.45, 2.75) is 6.61 Å². The van der Waals surface area contributed by atoms with Gasteiger partial charge in [-0.25, -0.2) is 9.18 Å². The van der Waals surface area contributed by atoms with Crippen LogP contribution in [0.2, 0.25) is 5.02 Å². The molecule has 0 aliphatic heterocycles. The first-order chi connectivity index (χ1) is 8.99. The minimum Gasteiger partial charge on any atom is -0.487 e. The normalized spacial score (nSPS) is 10.5. The first kappa shape index (κ1) is 13.4. The predicted molar refractivity (Wildman–Crippen MR) is 65.9 cm³/mol. The van der Waals surface area contributed by atoms with E-state index in [0.717, 1.165) is 0 Å². The zero-order valence-corrected chi connectivity index (χ0v) is 10.7. The third kappa shape index (κ3) is 2.85. The maximum atomic E-state index is 13.0. The van der Waals surface area contributed by atoms with E-state index in [4.69, 9.17) is 21.4 Å². The van der Waals surface area contributed by atoms with Gasteiger partial charge >= 0.3 is 5.97 Å².